The highest BCUT2D eigenvalue weighted by Gasteiger charge is 2.23. The lowest BCUT2D eigenvalue weighted by atomic mass is 10.2. The number of pyridine rings is 1. The molecule has 33 heavy (non-hydrogen) atoms. The molecule has 0 fully saturated rings. The first-order valence-electron chi connectivity index (χ1n) is 10.7. The van der Waals surface area contributed by atoms with Crippen LogP contribution in [-0.2, 0) is 17.9 Å². The number of likely N-dealkylation sites (N-methyl/N-ethyl adjacent to an activating group) is 1. The highest BCUT2D eigenvalue weighted by Crippen LogP contribution is 2.30. The van der Waals surface area contributed by atoms with Gasteiger partial charge in [-0.2, -0.15) is 10.1 Å². The molecule has 0 radical (unpaired) electrons. The number of nitrogens with one attached hydrogen (secondary N) is 2. The number of anilines is 3. The Bertz CT molecular complexity index is 1160. The molecule has 3 aromatic rings. The Labute approximate surface area is 192 Å². The van der Waals surface area contributed by atoms with E-state index in [1.165, 1.54) is 0 Å². The summed E-state index contributed by atoms with van der Waals surface area (Å²) in [6, 6.07) is 1.91. The minimum Gasteiger partial charge on any atom is -0.491 e. The Morgan fingerprint density at radius 3 is 2.82 bits per heavy atom. The molecule has 0 aliphatic carbocycles. The molecule has 2 N–H and O–H groups in total. The summed E-state index contributed by atoms with van der Waals surface area (Å²) in [4.78, 5) is 27.0. The first-order valence-corrected chi connectivity index (χ1v) is 10.7. The van der Waals surface area contributed by atoms with Crippen LogP contribution >= 0.6 is 0 Å². The van der Waals surface area contributed by atoms with Gasteiger partial charge in [-0.15, -0.1) is 0 Å². The molecule has 0 atom stereocenters. The first kappa shape index (κ1) is 22.3. The van der Waals surface area contributed by atoms with Crippen molar-refractivity contribution in [3.8, 4) is 11.6 Å². The van der Waals surface area contributed by atoms with E-state index in [0.29, 0.717) is 47.9 Å². The average Bonchev–Trinajstić information content (AvgIpc) is 3.21. The molecule has 1 aliphatic heterocycles. The number of methoxy groups -OCH3 is 1. The minimum atomic E-state index is -0.0697. The van der Waals surface area contributed by atoms with Crippen LogP contribution in [0.3, 0.4) is 0 Å². The summed E-state index contributed by atoms with van der Waals surface area (Å²) in [5.41, 5.74) is 3.30. The van der Waals surface area contributed by atoms with Crippen LogP contribution in [0.1, 0.15) is 30.7 Å². The predicted molar refractivity (Wildman–Crippen MR) is 124 cm³/mol. The molecule has 1 aliphatic rings. The Morgan fingerprint density at radius 2 is 2.06 bits per heavy atom. The lowest BCUT2D eigenvalue weighted by Gasteiger charge is -2.27. The van der Waals surface area contributed by atoms with Gasteiger partial charge >= 0.3 is 0 Å². The lowest BCUT2D eigenvalue weighted by molar-refractivity contribution is -0.115. The van der Waals surface area contributed by atoms with Crippen molar-refractivity contribution < 1.29 is 14.3 Å². The van der Waals surface area contributed by atoms with E-state index >= 15 is 0 Å². The Kier molecular flexibility index (Phi) is 6.29. The van der Waals surface area contributed by atoms with E-state index in [9.17, 15) is 4.79 Å². The van der Waals surface area contributed by atoms with Crippen molar-refractivity contribution in [2.24, 2.45) is 0 Å². The molecule has 4 heterocycles. The van der Waals surface area contributed by atoms with Gasteiger partial charge in [-0.1, -0.05) is 0 Å². The number of ether oxygens (including phenoxy) is 2. The van der Waals surface area contributed by atoms with Crippen LogP contribution in [0.4, 0.5) is 17.5 Å². The number of fused-ring (bicyclic) bond motifs is 1. The molecule has 11 heteroatoms. The van der Waals surface area contributed by atoms with Crippen LogP contribution in [0, 0.1) is 6.92 Å². The van der Waals surface area contributed by atoms with Crippen molar-refractivity contribution in [2.45, 2.75) is 40.0 Å². The number of amides is 1. The number of hydrogen-bond acceptors (Lipinski definition) is 9. The van der Waals surface area contributed by atoms with Crippen LogP contribution in [0.25, 0.3) is 0 Å². The van der Waals surface area contributed by atoms with E-state index in [-0.39, 0.29) is 18.6 Å². The molecule has 174 valence electrons. The van der Waals surface area contributed by atoms with E-state index in [4.69, 9.17) is 9.47 Å². The summed E-state index contributed by atoms with van der Waals surface area (Å²) in [6.07, 6.45) is 5.53. The van der Waals surface area contributed by atoms with Gasteiger partial charge in [-0.3, -0.25) is 9.48 Å². The fourth-order valence-corrected chi connectivity index (χ4v) is 3.50. The van der Waals surface area contributed by atoms with Crippen molar-refractivity contribution in [1.82, 2.24) is 24.7 Å². The number of rotatable bonds is 8. The number of carbonyl (C=O) groups excluding carboxylic acids is 1. The molecule has 11 nitrogen and oxygen atoms in total. The van der Waals surface area contributed by atoms with Gasteiger partial charge < -0.3 is 25.0 Å². The van der Waals surface area contributed by atoms with Gasteiger partial charge in [0.05, 0.1) is 38.2 Å². The van der Waals surface area contributed by atoms with Gasteiger partial charge in [-0.25, -0.2) is 9.97 Å². The zero-order chi connectivity index (χ0) is 23.5. The van der Waals surface area contributed by atoms with Crippen molar-refractivity contribution in [3.05, 3.63) is 41.5 Å². The van der Waals surface area contributed by atoms with Gasteiger partial charge in [0.25, 0.3) is 5.88 Å². The molecule has 1 amide bonds. The van der Waals surface area contributed by atoms with E-state index in [1.807, 2.05) is 49.7 Å². The van der Waals surface area contributed by atoms with E-state index in [2.05, 4.69) is 30.7 Å². The SMILES string of the molecule is COc1cc(Cn2cc(CNc3nc(C)c4c(n3)N(C)CC(=O)N4)cn2)cnc1OC(C)C. The molecule has 3 aromatic heterocycles. The Hall–Kier alpha value is -3.89. The van der Waals surface area contributed by atoms with Gasteiger partial charge in [0, 0.05) is 31.5 Å². The molecule has 0 bridgehead atoms. The average molecular weight is 453 g/mol. The summed E-state index contributed by atoms with van der Waals surface area (Å²) in [5, 5.41) is 10.5. The maximum atomic E-state index is 11.8. The Balaban J connectivity index is 1.41. The number of hydrogen-bond donors (Lipinski definition) is 2. The van der Waals surface area contributed by atoms with Crippen LogP contribution in [-0.4, -0.2) is 57.4 Å². The highest BCUT2D eigenvalue weighted by atomic mass is 16.5. The smallest absolute Gasteiger partial charge is 0.257 e. The second kappa shape index (κ2) is 9.31. The van der Waals surface area contributed by atoms with Crippen molar-refractivity contribution in [3.63, 3.8) is 0 Å². The monoisotopic (exact) mass is 452 g/mol. The molecule has 0 unspecified atom stereocenters. The quantitative estimate of drug-likeness (QED) is 0.530. The highest BCUT2D eigenvalue weighted by molar-refractivity contribution is 6.00. The minimum absolute atomic E-state index is 0.0143. The molecule has 0 saturated carbocycles. The van der Waals surface area contributed by atoms with E-state index in [1.54, 1.807) is 19.5 Å². The molecular formula is C22H28N8O3. The molecular weight excluding hydrogens is 424 g/mol. The van der Waals surface area contributed by atoms with Gasteiger partial charge in [0.1, 0.15) is 5.69 Å². The standard InChI is InChI=1S/C22H28N8O3/c1-13(2)33-21-17(32-5)6-15(7-23-21)10-30-11-16(9-25-30)8-24-22-26-14(3)19-20(28-22)29(4)12-18(31)27-19/h6-7,9,11,13H,8,10,12H2,1-5H3,(H,27,31)(H,24,26,28). The van der Waals surface area contributed by atoms with E-state index in [0.717, 1.165) is 11.1 Å². The second-order valence-electron chi connectivity index (χ2n) is 8.15. The number of carbonyl (C=O) groups is 1. The maximum absolute atomic E-state index is 11.8. The molecule has 0 spiro atoms. The summed E-state index contributed by atoms with van der Waals surface area (Å²) in [6.45, 7) is 7.06. The third-order valence-corrected chi connectivity index (χ3v) is 5.00. The Morgan fingerprint density at radius 1 is 1.24 bits per heavy atom. The van der Waals surface area contributed by atoms with Gasteiger partial charge in [-0.05, 0) is 32.4 Å². The predicted octanol–water partition coefficient (Wildman–Crippen LogP) is 2.22. The van der Waals surface area contributed by atoms with Gasteiger partial charge in [0.15, 0.2) is 11.6 Å². The van der Waals surface area contributed by atoms with Crippen LogP contribution in [0.5, 0.6) is 11.6 Å². The first-order chi connectivity index (χ1) is 15.8. The second-order valence-corrected chi connectivity index (χ2v) is 8.15. The fraction of sp³-hybridized carbons (Fsp3) is 0.409. The van der Waals surface area contributed by atoms with Crippen molar-refractivity contribution in [1.29, 1.82) is 0 Å². The van der Waals surface area contributed by atoms with E-state index < -0.39 is 0 Å². The maximum Gasteiger partial charge on any atom is 0.257 e. The number of nitrogens with zero attached hydrogens (tertiary/aromatic N) is 6. The number of aromatic nitrogens is 5. The summed E-state index contributed by atoms with van der Waals surface area (Å²) in [5.74, 6) is 2.20. The summed E-state index contributed by atoms with van der Waals surface area (Å²) >= 11 is 0. The number of aryl methyl sites for hydroxylation is 1. The van der Waals surface area contributed by atoms with Crippen LogP contribution in [0.15, 0.2) is 24.7 Å². The van der Waals surface area contributed by atoms with Gasteiger partial charge in [0.2, 0.25) is 11.9 Å². The molecule has 4 rings (SSSR count). The zero-order valence-corrected chi connectivity index (χ0v) is 19.4. The topological polar surface area (TPSA) is 119 Å². The molecule has 0 saturated heterocycles. The zero-order valence-electron chi connectivity index (χ0n) is 19.4. The largest absolute Gasteiger partial charge is 0.491 e. The normalized spacial score (nSPS) is 13.0. The van der Waals surface area contributed by atoms with Crippen molar-refractivity contribution in [2.75, 3.05) is 36.2 Å². The molecule has 0 aromatic carbocycles. The third-order valence-electron chi connectivity index (χ3n) is 5.00. The fourth-order valence-electron chi connectivity index (χ4n) is 3.50. The van der Waals surface area contributed by atoms with Crippen LogP contribution < -0.4 is 25.0 Å². The lowest BCUT2D eigenvalue weighted by Crippen LogP contribution is -2.36. The van der Waals surface area contributed by atoms with Crippen molar-refractivity contribution >= 4 is 23.4 Å². The third kappa shape index (κ3) is 5.13. The summed E-state index contributed by atoms with van der Waals surface area (Å²) in [7, 11) is 3.44. The van der Waals surface area contributed by atoms with Crippen LogP contribution in [0.2, 0.25) is 0 Å². The summed E-state index contributed by atoms with van der Waals surface area (Å²) < 4.78 is 12.9.